The van der Waals surface area contributed by atoms with Crippen LogP contribution in [0.4, 0.5) is 0 Å². The third-order valence-electron chi connectivity index (χ3n) is 5.11. The first-order chi connectivity index (χ1) is 10.0. The van der Waals surface area contributed by atoms with E-state index >= 15 is 0 Å². The molecule has 1 aromatic rings. The number of hydrogen-bond acceptors (Lipinski definition) is 3. The third-order valence-corrected chi connectivity index (χ3v) is 5.11. The highest BCUT2D eigenvalue weighted by Gasteiger charge is 2.38. The van der Waals surface area contributed by atoms with Gasteiger partial charge >= 0.3 is 0 Å². The third kappa shape index (κ3) is 3.41. The number of aliphatic hydroxyl groups is 1. The maximum Gasteiger partial charge on any atom is 0.122 e. The van der Waals surface area contributed by atoms with E-state index in [-0.39, 0.29) is 11.6 Å². The Labute approximate surface area is 128 Å². The lowest BCUT2D eigenvalue weighted by Crippen LogP contribution is -2.53. The number of benzene rings is 1. The molecule has 2 atom stereocenters. The molecule has 1 aliphatic heterocycles. The predicted molar refractivity (Wildman–Crippen MR) is 86.9 cm³/mol. The van der Waals surface area contributed by atoms with Gasteiger partial charge in [0.2, 0.25) is 0 Å². The van der Waals surface area contributed by atoms with E-state index in [0.29, 0.717) is 6.42 Å². The summed E-state index contributed by atoms with van der Waals surface area (Å²) >= 11 is 0. The lowest BCUT2D eigenvalue weighted by molar-refractivity contribution is -0.0119. The van der Waals surface area contributed by atoms with Crippen LogP contribution in [0.25, 0.3) is 0 Å². The van der Waals surface area contributed by atoms with E-state index in [9.17, 15) is 5.11 Å². The van der Waals surface area contributed by atoms with Gasteiger partial charge in [0.05, 0.1) is 13.2 Å². The molecule has 0 radical (unpaired) electrons. The highest BCUT2D eigenvalue weighted by atomic mass is 16.5. The fourth-order valence-corrected chi connectivity index (χ4v) is 3.39. The second-order valence-electron chi connectivity index (χ2n) is 6.44. The molecular weight excluding hydrogens is 262 g/mol. The number of likely N-dealkylation sites (tertiary alicyclic amines) is 1. The van der Waals surface area contributed by atoms with Gasteiger partial charge in [0.25, 0.3) is 0 Å². The molecular formula is C18H29NO2. The molecule has 2 unspecified atom stereocenters. The number of methoxy groups -OCH3 is 1. The van der Waals surface area contributed by atoms with Gasteiger partial charge in [0, 0.05) is 12.0 Å². The van der Waals surface area contributed by atoms with E-state index < -0.39 is 0 Å². The Hall–Kier alpha value is -1.06. The highest BCUT2D eigenvalue weighted by molar-refractivity contribution is 5.37. The van der Waals surface area contributed by atoms with Crippen LogP contribution >= 0.6 is 0 Å². The van der Waals surface area contributed by atoms with Gasteiger partial charge < -0.3 is 9.84 Å². The van der Waals surface area contributed by atoms with Crippen LogP contribution in [0.1, 0.15) is 44.2 Å². The fraction of sp³-hybridized carbons (Fsp3) is 0.667. The van der Waals surface area contributed by atoms with Crippen molar-refractivity contribution in [1.29, 1.82) is 0 Å². The highest BCUT2D eigenvalue weighted by Crippen LogP contribution is 2.31. The van der Waals surface area contributed by atoms with Gasteiger partial charge in [-0.15, -0.1) is 0 Å². The van der Waals surface area contributed by atoms with Crippen molar-refractivity contribution < 1.29 is 9.84 Å². The van der Waals surface area contributed by atoms with Crippen molar-refractivity contribution >= 4 is 0 Å². The molecule has 1 heterocycles. The maximum absolute atomic E-state index is 10.9. The zero-order valence-electron chi connectivity index (χ0n) is 13.9. The molecule has 0 aromatic heterocycles. The zero-order chi connectivity index (χ0) is 15.5. The molecule has 1 N–H and O–H groups in total. The quantitative estimate of drug-likeness (QED) is 0.874. The summed E-state index contributed by atoms with van der Waals surface area (Å²) in [5, 5.41) is 10.9. The second kappa shape index (κ2) is 6.80. The number of hydrogen-bond donors (Lipinski definition) is 1. The van der Waals surface area contributed by atoms with Crippen molar-refractivity contribution in [3.05, 3.63) is 29.3 Å². The summed E-state index contributed by atoms with van der Waals surface area (Å²) in [7, 11) is 1.69. The summed E-state index contributed by atoms with van der Waals surface area (Å²) in [5.74, 6) is 0.875. The standard InChI is InChI=1S/C18H29NO2/c1-5-18(3,19-10-6-7-11-19)17(20)13-15-12-14(2)8-9-16(15)21-4/h8-9,12,17,20H,5-7,10-11,13H2,1-4H3. The molecule has 0 amide bonds. The van der Waals surface area contributed by atoms with Gasteiger partial charge in [-0.1, -0.05) is 24.6 Å². The monoisotopic (exact) mass is 291 g/mol. The van der Waals surface area contributed by atoms with Gasteiger partial charge in [-0.05, 0) is 57.8 Å². The number of nitrogens with zero attached hydrogens (tertiary/aromatic N) is 1. The molecule has 0 aliphatic carbocycles. The Kier molecular flexibility index (Phi) is 5.28. The topological polar surface area (TPSA) is 32.7 Å². The summed E-state index contributed by atoms with van der Waals surface area (Å²) in [6.07, 6.45) is 3.72. The lowest BCUT2D eigenvalue weighted by Gasteiger charge is -2.42. The molecule has 118 valence electrons. The van der Waals surface area contributed by atoms with Crippen molar-refractivity contribution in [2.24, 2.45) is 0 Å². The molecule has 0 spiro atoms. The molecule has 0 bridgehead atoms. The minimum atomic E-state index is -0.378. The number of rotatable bonds is 6. The smallest absolute Gasteiger partial charge is 0.122 e. The van der Waals surface area contributed by atoms with Gasteiger partial charge in [-0.25, -0.2) is 0 Å². The van der Waals surface area contributed by atoms with E-state index in [1.54, 1.807) is 7.11 Å². The van der Waals surface area contributed by atoms with E-state index in [1.807, 2.05) is 12.1 Å². The molecule has 2 rings (SSSR count). The lowest BCUT2D eigenvalue weighted by atomic mass is 9.85. The Morgan fingerprint density at radius 2 is 2.00 bits per heavy atom. The van der Waals surface area contributed by atoms with Crippen LogP contribution in [0.2, 0.25) is 0 Å². The first-order valence-electron chi connectivity index (χ1n) is 8.08. The second-order valence-corrected chi connectivity index (χ2v) is 6.44. The molecule has 1 aliphatic rings. The minimum Gasteiger partial charge on any atom is -0.496 e. The van der Waals surface area contributed by atoms with Crippen molar-refractivity contribution in [3.8, 4) is 5.75 Å². The summed E-state index contributed by atoms with van der Waals surface area (Å²) in [4.78, 5) is 2.46. The van der Waals surface area contributed by atoms with E-state index in [2.05, 4.69) is 31.7 Å². The maximum atomic E-state index is 10.9. The van der Waals surface area contributed by atoms with Crippen molar-refractivity contribution in [3.63, 3.8) is 0 Å². The van der Waals surface area contributed by atoms with Crippen LogP contribution in [0.15, 0.2) is 18.2 Å². The Morgan fingerprint density at radius 1 is 1.33 bits per heavy atom. The molecule has 3 heteroatoms. The average Bonchev–Trinajstić information content (AvgIpc) is 3.01. The number of ether oxygens (including phenoxy) is 1. The predicted octanol–water partition coefficient (Wildman–Crippen LogP) is 3.17. The normalized spacial score (nSPS) is 20.2. The number of aliphatic hydroxyl groups excluding tert-OH is 1. The van der Waals surface area contributed by atoms with Gasteiger partial charge in [0.15, 0.2) is 0 Å². The van der Waals surface area contributed by atoms with E-state index in [1.165, 1.54) is 18.4 Å². The van der Waals surface area contributed by atoms with Crippen LogP contribution < -0.4 is 4.74 Å². The van der Waals surface area contributed by atoms with Crippen LogP contribution in [-0.2, 0) is 6.42 Å². The molecule has 1 aromatic carbocycles. The summed E-state index contributed by atoms with van der Waals surface area (Å²) in [6.45, 7) is 8.66. The molecule has 21 heavy (non-hydrogen) atoms. The van der Waals surface area contributed by atoms with E-state index in [0.717, 1.165) is 30.8 Å². The molecule has 1 saturated heterocycles. The van der Waals surface area contributed by atoms with Crippen molar-refractivity contribution in [2.45, 2.75) is 58.1 Å². The van der Waals surface area contributed by atoms with Crippen LogP contribution in [0.5, 0.6) is 5.75 Å². The van der Waals surface area contributed by atoms with Gasteiger partial charge in [-0.2, -0.15) is 0 Å². The summed E-state index contributed by atoms with van der Waals surface area (Å²) < 4.78 is 5.45. The molecule has 1 fully saturated rings. The Bertz CT molecular complexity index is 468. The van der Waals surface area contributed by atoms with Crippen LogP contribution in [0.3, 0.4) is 0 Å². The minimum absolute atomic E-state index is 0.148. The van der Waals surface area contributed by atoms with Crippen LogP contribution in [0, 0.1) is 6.92 Å². The summed E-state index contributed by atoms with van der Waals surface area (Å²) in [5.41, 5.74) is 2.16. The molecule has 3 nitrogen and oxygen atoms in total. The largest absolute Gasteiger partial charge is 0.496 e. The average molecular weight is 291 g/mol. The van der Waals surface area contributed by atoms with Crippen LogP contribution in [-0.4, -0.2) is 41.8 Å². The van der Waals surface area contributed by atoms with Crippen molar-refractivity contribution in [2.75, 3.05) is 20.2 Å². The van der Waals surface area contributed by atoms with Gasteiger partial charge in [-0.3, -0.25) is 4.90 Å². The van der Waals surface area contributed by atoms with Crippen molar-refractivity contribution in [1.82, 2.24) is 4.90 Å². The Morgan fingerprint density at radius 3 is 2.57 bits per heavy atom. The SMILES string of the molecule is CCC(C)(C(O)Cc1cc(C)ccc1OC)N1CCCC1. The molecule has 0 saturated carbocycles. The van der Waals surface area contributed by atoms with E-state index in [4.69, 9.17) is 4.74 Å². The number of aryl methyl sites for hydroxylation is 1. The fourth-order valence-electron chi connectivity index (χ4n) is 3.39. The summed E-state index contributed by atoms with van der Waals surface area (Å²) in [6, 6.07) is 6.17. The Balaban J connectivity index is 2.19. The van der Waals surface area contributed by atoms with Gasteiger partial charge in [0.1, 0.15) is 5.75 Å². The first-order valence-corrected chi connectivity index (χ1v) is 8.08. The first kappa shape index (κ1) is 16.3. The zero-order valence-corrected chi connectivity index (χ0v) is 13.9.